The van der Waals surface area contributed by atoms with E-state index in [4.69, 9.17) is 11.1 Å². The van der Waals surface area contributed by atoms with Crippen LogP contribution in [0.3, 0.4) is 0 Å². The van der Waals surface area contributed by atoms with Crippen LogP contribution in [-0.4, -0.2) is 91.8 Å². The molecule has 0 saturated heterocycles. The first kappa shape index (κ1) is 22.5. The predicted octanol–water partition coefficient (Wildman–Crippen LogP) is -1.98. The van der Waals surface area contributed by atoms with Crippen LogP contribution in [0.4, 0.5) is 0 Å². The molecule has 2 N–H and O–H groups in total. The van der Waals surface area contributed by atoms with Crippen LogP contribution in [0.2, 0.25) is 0 Å². The molecule has 0 unspecified atom stereocenters. The standard InChI is InChI=1S/H2N2.2Sb.Se2.H2Se.Se.H2/c1-2;;;1-2;;;/h1-2H;;;;1H2;;1H. The first-order chi connectivity index (χ1) is 3.41. The van der Waals surface area contributed by atoms with Gasteiger partial charge in [0, 0.05) is 1.43 Å². The summed E-state index contributed by atoms with van der Waals surface area (Å²) in [6.07, 6.45) is 0. The van der Waals surface area contributed by atoms with Crippen molar-refractivity contribution in [2.75, 3.05) is 0 Å². The van der Waals surface area contributed by atoms with Gasteiger partial charge < -0.3 is 0 Å². The van der Waals surface area contributed by atoms with Gasteiger partial charge >= 0.3 is 91.8 Å². The van der Waals surface area contributed by atoms with E-state index in [0.717, 1.165) is 8.68 Å². The Morgan fingerprint density at radius 1 is 1.38 bits per heavy atom. The summed E-state index contributed by atoms with van der Waals surface area (Å²) < 4.78 is 0. The zero-order valence-electron chi connectivity index (χ0n) is 3.62. The van der Waals surface area contributed by atoms with Gasteiger partial charge in [-0.3, -0.25) is 0 Å². The molecule has 0 rings (SSSR count). The van der Waals surface area contributed by atoms with Gasteiger partial charge in [-0.2, -0.15) is 0 Å². The maximum absolute atomic E-state index is 5.00. The van der Waals surface area contributed by atoms with Gasteiger partial charge in [-0.15, -0.1) is 0 Å². The fraction of sp³-hybridized carbons (Fsp3) is 0. The number of rotatable bonds is 0. The third kappa shape index (κ3) is 58.6. The van der Waals surface area contributed by atoms with Crippen molar-refractivity contribution in [3.05, 3.63) is 0 Å². The van der Waals surface area contributed by atoms with Crippen LogP contribution in [0.25, 0.3) is 0 Å². The van der Waals surface area contributed by atoms with Crippen molar-refractivity contribution in [2.24, 2.45) is 0 Å². The third-order valence-electron chi connectivity index (χ3n) is 0. The molecular weight excluding hydrogens is 587 g/mol. The summed E-state index contributed by atoms with van der Waals surface area (Å²) in [7, 11) is 0.800. The summed E-state index contributed by atoms with van der Waals surface area (Å²) in [6, 6.07) is 0. The molecule has 0 aromatic carbocycles. The summed E-state index contributed by atoms with van der Waals surface area (Å²) in [5.74, 6) is 0. The molecule has 0 aromatic heterocycles. The van der Waals surface area contributed by atoms with Crippen molar-refractivity contribution in [1.29, 1.82) is 11.1 Å². The molecule has 0 fully saturated rings. The van der Waals surface area contributed by atoms with Crippen molar-refractivity contribution in [1.82, 2.24) is 0 Å². The molecule has 8 heteroatoms. The molecule has 0 aliphatic heterocycles. The molecule has 0 aliphatic rings. The summed E-state index contributed by atoms with van der Waals surface area (Å²) in [6.45, 7) is 0. The van der Waals surface area contributed by atoms with E-state index in [0.29, 0.717) is 0 Å². The summed E-state index contributed by atoms with van der Waals surface area (Å²) in [5, 5.41) is 0. The second kappa shape index (κ2) is 48.1. The minimum absolute atomic E-state index is 0. The van der Waals surface area contributed by atoms with Crippen molar-refractivity contribution < 1.29 is 1.43 Å². The fourth-order valence-corrected chi connectivity index (χ4v) is 0. The molecule has 0 bridgehead atoms. The number of hydrogen-bond donors (Lipinski definition) is 2. The van der Waals surface area contributed by atoms with Crippen LogP contribution in [0, 0.1) is 11.1 Å². The monoisotopic (exact) mass is 596 g/mol. The first-order valence-corrected chi connectivity index (χ1v) is 17.5. The Morgan fingerprint density at radius 2 is 1.38 bits per heavy atom. The maximum atomic E-state index is 5.00. The Kier molecular flexibility index (Phi) is 135. The van der Waals surface area contributed by atoms with Crippen LogP contribution in [0.1, 0.15) is 1.43 Å². The van der Waals surface area contributed by atoms with E-state index in [1.54, 1.807) is 20.2 Å². The van der Waals surface area contributed by atoms with Gasteiger partial charge in [-0.1, -0.05) is 0 Å². The van der Waals surface area contributed by atoms with Gasteiger partial charge in [-0.05, 0) is 0 Å². The van der Waals surface area contributed by atoms with E-state index in [-0.39, 0.29) is 18.5 Å². The molecule has 0 aliphatic carbocycles. The zero-order chi connectivity index (χ0) is 6.71. The van der Waals surface area contributed by atoms with Gasteiger partial charge in [0.05, 0.1) is 0 Å². The normalized spacial score (nSPS) is 2.50. The topological polar surface area (TPSA) is 47.7 Å². The molecule has 8 heavy (non-hydrogen) atoms. The van der Waals surface area contributed by atoms with E-state index < -0.39 is 0 Å². The molecule has 2 nitrogen and oxygen atoms in total. The number of nitrogens with one attached hydrogen (secondary N) is 2. The Labute approximate surface area is 102 Å². The summed E-state index contributed by atoms with van der Waals surface area (Å²) in [5.41, 5.74) is 10.0. The first-order valence-electron chi connectivity index (χ1n) is 0.782. The van der Waals surface area contributed by atoms with E-state index in [1.807, 2.05) is 20.2 Å². The van der Waals surface area contributed by atoms with Gasteiger partial charge in [0.25, 0.3) is 0 Å². The molecule has 0 saturated carbocycles. The Hall–Kier alpha value is 3.31. The molecule has 0 amide bonds. The van der Waals surface area contributed by atoms with Crippen LogP contribution in [-0.2, 0) is 0 Å². The van der Waals surface area contributed by atoms with Crippen molar-refractivity contribution in [3.63, 3.8) is 0 Å². The average molecular weight is 593 g/mol. The Morgan fingerprint density at radius 3 is 1.38 bits per heavy atom. The van der Waals surface area contributed by atoms with Crippen LogP contribution in [0.5, 0.6) is 0 Å². The van der Waals surface area contributed by atoms with Crippen molar-refractivity contribution in [3.8, 4) is 0 Å². The molecule has 2 radical (unpaired) electrons. The van der Waals surface area contributed by atoms with Crippen molar-refractivity contribution in [2.45, 2.75) is 0 Å². The quantitative estimate of drug-likeness (QED) is 0.242. The number of hydrogen-bond acceptors (Lipinski definition) is 2. The third-order valence-corrected chi connectivity index (χ3v) is 0. The SMILES string of the molecule is N=N.[HH].[SeH2].[Se]=[Sb].[Se]=[Se]=[Sb]. The molecular formula is H6N2Sb2Se4. The van der Waals surface area contributed by atoms with Gasteiger partial charge in [0.1, 0.15) is 0 Å². The minimum atomic E-state index is 0. The zero-order valence-corrected chi connectivity index (χ0v) is 16.0. The van der Waals surface area contributed by atoms with E-state index >= 15 is 0 Å². The summed E-state index contributed by atoms with van der Waals surface area (Å²) >= 11 is 9.05. The molecule has 0 atom stereocenters. The van der Waals surface area contributed by atoms with Crippen molar-refractivity contribution >= 4 is 91.8 Å². The molecule has 0 heterocycles. The van der Waals surface area contributed by atoms with E-state index in [2.05, 4.69) is 25.8 Å². The predicted molar refractivity (Wildman–Crippen MR) is 44.9 cm³/mol. The molecule has 0 aromatic rings. The molecule has 50 valence electrons. The fourth-order valence-electron chi connectivity index (χ4n) is 0. The van der Waals surface area contributed by atoms with Gasteiger partial charge in [0.2, 0.25) is 0 Å². The van der Waals surface area contributed by atoms with Gasteiger partial charge in [-0.25, -0.2) is 11.1 Å². The Bertz CT molecular complexity index is 52.5. The van der Waals surface area contributed by atoms with Crippen LogP contribution in [0.15, 0.2) is 0 Å². The van der Waals surface area contributed by atoms with Crippen LogP contribution < -0.4 is 0 Å². The second-order valence-corrected chi connectivity index (χ2v) is 13.5. The second-order valence-electron chi connectivity index (χ2n) is 0.0745. The molecule has 0 spiro atoms. The van der Waals surface area contributed by atoms with Gasteiger partial charge in [0.15, 0.2) is 0 Å². The van der Waals surface area contributed by atoms with E-state index in [1.165, 1.54) is 0 Å². The van der Waals surface area contributed by atoms with Crippen LogP contribution >= 0.6 is 0 Å². The summed E-state index contributed by atoms with van der Waals surface area (Å²) in [4.78, 5) is 0. The van der Waals surface area contributed by atoms with E-state index in [9.17, 15) is 0 Å². The average Bonchev–Trinajstić information content (AvgIpc) is 1.78. The Balaban J connectivity index is -0.00000000825.